The van der Waals surface area contributed by atoms with Gasteiger partial charge in [0.1, 0.15) is 24.2 Å². The van der Waals surface area contributed by atoms with Crippen LogP contribution in [0.2, 0.25) is 0 Å². The van der Waals surface area contributed by atoms with Crippen LogP contribution in [0.15, 0.2) is 4.99 Å². The van der Waals surface area contributed by atoms with Crippen LogP contribution in [0.1, 0.15) is 64.7 Å². The lowest BCUT2D eigenvalue weighted by molar-refractivity contribution is -0.144. The van der Waals surface area contributed by atoms with Gasteiger partial charge in [0, 0.05) is 19.4 Å². The summed E-state index contributed by atoms with van der Waals surface area (Å²) in [5, 5.41) is 36.5. The number of unbranched alkanes of at least 4 members (excludes halogenated alkanes) is 1. The maximum Gasteiger partial charge on any atom is 0.326 e. The second-order valence-corrected chi connectivity index (χ2v) is 9.96. The molecular weight excluding hydrogens is 586 g/mol. The van der Waals surface area contributed by atoms with Crippen LogP contribution < -0.4 is 44.2 Å². The number of guanidine groups is 1. The largest absolute Gasteiger partial charge is 0.481 e. The van der Waals surface area contributed by atoms with Crippen molar-refractivity contribution in [3.63, 3.8) is 0 Å². The van der Waals surface area contributed by atoms with Crippen LogP contribution in [0.25, 0.3) is 0 Å². The lowest BCUT2D eigenvalue weighted by Crippen LogP contribution is -2.57. The molecule has 19 heteroatoms. The summed E-state index contributed by atoms with van der Waals surface area (Å²) >= 11 is 0. The average molecular weight is 632 g/mol. The highest BCUT2D eigenvalue weighted by Crippen LogP contribution is 2.06. The number of nitrogens with one attached hydrogen (secondary N) is 4. The SMILES string of the molecule is CC(NC(=O)C(CCCCN)NC(=O)C(N)CCCN=C(N)N)C(=O)NC(CCC(=O)O)C(=O)NC(CCC(=O)O)C(=O)O. The minimum Gasteiger partial charge on any atom is -0.481 e. The number of aliphatic imine (C=N–C) groups is 1. The van der Waals surface area contributed by atoms with Crippen molar-refractivity contribution in [3.05, 3.63) is 0 Å². The van der Waals surface area contributed by atoms with E-state index in [2.05, 4.69) is 26.3 Å². The van der Waals surface area contributed by atoms with Gasteiger partial charge in [-0.2, -0.15) is 0 Å². The Morgan fingerprint density at radius 3 is 1.68 bits per heavy atom. The fourth-order valence-corrected chi connectivity index (χ4v) is 3.70. The third kappa shape index (κ3) is 17.4. The molecule has 19 nitrogen and oxygen atoms in total. The number of carboxylic acids is 3. The Morgan fingerprint density at radius 2 is 1.16 bits per heavy atom. The summed E-state index contributed by atoms with van der Waals surface area (Å²) in [6, 6.07) is -6.50. The van der Waals surface area contributed by atoms with E-state index < -0.39 is 97.4 Å². The number of nitrogens with two attached hydrogens (primary N) is 4. The van der Waals surface area contributed by atoms with E-state index in [0.29, 0.717) is 25.8 Å². The Kier molecular flexibility index (Phi) is 19.0. The van der Waals surface area contributed by atoms with Gasteiger partial charge in [0.05, 0.1) is 6.04 Å². The molecule has 0 saturated heterocycles. The molecule has 0 fully saturated rings. The molecule has 0 saturated carbocycles. The van der Waals surface area contributed by atoms with E-state index in [1.165, 1.54) is 6.92 Å². The molecule has 4 amide bonds. The Hall–Kier alpha value is -4.52. The van der Waals surface area contributed by atoms with Gasteiger partial charge in [0.25, 0.3) is 0 Å². The van der Waals surface area contributed by atoms with Gasteiger partial charge in [-0.3, -0.25) is 33.8 Å². The first kappa shape index (κ1) is 39.5. The monoisotopic (exact) mass is 631 g/mol. The van der Waals surface area contributed by atoms with Crippen molar-refractivity contribution in [1.29, 1.82) is 0 Å². The standard InChI is InChI=1S/C25H45N9O10/c1-13(20(39)32-16(7-9-18(35)36)23(42)34-17(24(43)44)8-10-19(37)38)31-22(41)15(6-2-3-11-26)33-21(40)14(27)5-4-12-30-25(28)29/h13-17H,2-12,26-27H2,1H3,(H,31,41)(H,32,39)(H,33,40)(H,34,42)(H,35,36)(H,37,38)(H,43,44)(H4,28,29,30). The number of aliphatic carboxylic acids is 3. The summed E-state index contributed by atoms with van der Waals surface area (Å²) < 4.78 is 0. The molecule has 0 rings (SSSR count). The molecule has 0 aromatic carbocycles. The first-order chi connectivity index (χ1) is 20.6. The zero-order valence-electron chi connectivity index (χ0n) is 24.6. The number of nitrogens with zero attached hydrogens (tertiary/aromatic N) is 1. The summed E-state index contributed by atoms with van der Waals surface area (Å²) in [7, 11) is 0. The minimum atomic E-state index is -1.62. The van der Waals surface area contributed by atoms with Gasteiger partial charge in [-0.15, -0.1) is 0 Å². The Labute approximate surface area is 253 Å². The van der Waals surface area contributed by atoms with Gasteiger partial charge < -0.3 is 59.5 Å². The van der Waals surface area contributed by atoms with E-state index in [1.54, 1.807) is 0 Å². The second kappa shape index (κ2) is 21.2. The van der Waals surface area contributed by atoms with Crippen molar-refractivity contribution in [3.8, 4) is 0 Å². The van der Waals surface area contributed by atoms with Crippen molar-refractivity contribution in [2.75, 3.05) is 13.1 Å². The molecule has 0 heterocycles. The summed E-state index contributed by atoms with van der Waals surface area (Å²) in [5.41, 5.74) is 22.0. The molecule has 5 atom stereocenters. The van der Waals surface area contributed by atoms with Crippen molar-refractivity contribution in [2.24, 2.45) is 27.9 Å². The highest BCUT2D eigenvalue weighted by Gasteiger charge is 2.30. The highest BCUT2D eigenvalue weighted by atomic mass is 16.4. The van der Waals surface area contributed by atoms with Gasteiger partial charge in [0.15, 0.2) is 5.96 Å². The number of rotatable bonds is 23. The quantitative estimate of drug-likeness (QED) is 0.0293. The molecular formula is C25H45N9O10. The highest BCUT2D eigenvalue weighted by molar-refractivity contribution is 5.95. The zero-order valence-corrected chi connectivity index (χ0v) is 24.6. The van der Waals surface area contributed by atoms with E-state index >= 15 is 0 Å². The Balaban J connectivity index is 5.48. The minimum absolute atomic E-state index is 0.105. The van der Waals surface area contributed by atoms with Crippen molar-refractivity contribution in [1.82, 2.24) is 21.3 Å². The van der Waals surface area contributed by atoms with Gasteiger partial charge in [-0.25, -0.2) is 4.79 Å². The number of carboxylic acid groups (broad SMARTS) is 3. The van der Waals surface area contributed by atoms with E-state index in [9.17, 15) is 38.7 Å². The van der Waals surface area contributed by atoms with E-state index in [4.69, 9.17) is 33.1 Å². The van der Waals surface area contributed by atoms with Crippen LogP contribution in [0, 0.1) is 0 Å². The van der Waals surface area contributed by atoms with E-state index in [0.717, 1.165) is 0 Å². The first-order valence-electron chi connectivity index (χ1n) is 14.0. The second-order valence-electron chi connectivity index (χ2n) is 9.96. The molecule has 0 aliphatic carbocycles. The fraction of sp³-hybridized carbons (Fsp3) is 0.680. The average Bonchev–Trinajstić information content (AvgIpc) is 2.93. The molecule has 0 bridgehead atoms. The normalized spacial score (nSPS) is 14.1. The van der Waals surface area contributed by atoms with Crippen molar-refractivity contribution < 1.29 is 48.9 Å². The smallest absolute Gasteiger partial charge is 0.326 e. The number of carbonyl (C=O) groups is 7. The molecule has 0 aliphatic rings. The van der Waals surface area contributed by atoms with Gasteiger partial charge in [0.2, 0.25) is 23.6 Å². The lowest BCUT2D eigenvalue weighted by atomic mass is 10.1. The Bertz CT molecular complexity index is 1040. The van der Waals surface area contributed by atoms with Crippen LogP contribution in [-0.4, -0.2) is 106 Å². The lowest BCUT2D eigenvalue weighted by Gasteiger charge is -2.25. The molecule has 0 radical (unpaired) electrons. The molecule has 0 aliphatic heterocycles. The summed E-state index contributed by atoms with van der Waals surface area (Å²) in [6.07, 6.45) is -0.248. The van der Waals surface area contributed by atoms with E-state index in [1.807, 2.05) is 0 Å². The number of hydrogen-bond donors (Lipinski definition) is 11. The molecule has 44 heavy (non-hydrogen) atoms. The summed E-state index contributed by atoms with van der Waals surface area (Å²) in [6.45, 7) is 1.87. The van der Waals surface area contributed by atoms with Crippen LogP contribution in [0.5, 0.6) is 0 Å². The fourth-order valence-electron chi connectivity index (χ4n) is 3.70. The van der Waals surface area contributed by atoms with Gasteiger partial charge in [-0.1, -0.05) is 0 Å². The molecule has 0 spiro atoms. The van der Waals surface area contributed by atoms with Crippen molar-refractivity contribution in [2.45, 2.75) is 94.9 Å². The molecule has 15 N–H and O–H groups in total. The zero-order chi connectivity index (χ0) is 33.8. The molecule has 250 valence electrons. The first-order valence-corrected chi connectivity index (χ1v) is 14.0. The molecule has 0 aromatic heterocycles. The van der Waals surface area contributed by atoms with E-state index in [-0.39, 0.29) is 25.3 Å². The predicted molar refractivity (Wildman–Crippen MR) is 156 cm³/mol. The molecule has 0 aromatic rings. The maximum atomic E-state index is 13.0. The number of amides is 4. The van der Waals surface area contributed by atoms with Gasteiger partial charge in [-0.05, 0) is 58.4 Å². The summed E-state index contributed by atoms with van der Waals surface area (Å²) in [5.74, 6) is -7.57. The summed E-state index contributed by atoms with van der Waals surface area (Å²) in [4.78, 5) is 88.5. The maximum absolute atomic E-state index is 13.0. The third-order valence-electron chi connectivity index (χ3n) is 6.18. The topological polar surface area (TPSA) is 345 Å². The predicted octanol–water partition coefficient (Wildman–Crippen LogP) is -3.73. The van der Waals surface area contributed by atoms with Crippen molar-refractivity contribution >= 4 is 47.5 Å². The van der Waals surface area contributed by atoms with Crippen LogP contribution in [-0.2, 0) is 33.6 Å². The molecule has 5 unspecified atom stereocenters. The Morgan fingerprint density at radius 1 is 0.659 bits per heavy atom. The van der Waals surface area contributed by atoms with Crippen LogP contribution in [0.3, 0.4) is 0 Å². The van der Waals surface area contributed by atoms with Gasteiger partial charge >= 0.3 is 17.9 Å². The number of hydrogen-bond acceptors (Lipinski definition) is 10. The van der Waals surface area contributed by atoms with Crippen LogP contribution >= 0.6 is 0 Å². The third-order valence-corrected chi connectivity index (χ3v) is 6.18. The number of carbonyl (C=O) groups excluding carboxylic acids is 4. The van der Waals surface area contributed by atoms with Crippen LogP contribution in [0.4, 0.5) is 0 Å².